The zero-order valence-corrected chi connectivity index (χ0v) is 16.4. The van der Waals surface area contributed by atoms with Gasteiger partial charge in [-0.15, -0.1) is 11.3 Å². The highest BCUT2D eigenvalue weighted by molar-refractivity contribution is 7.93. The number of hydrogen-bond acceptors (Lipinski definition) is 7. The van der Waals surface area contributed by atoms with E-state index in [4.69, 9.17) is 4.74 Å². The van der Waals surface area contributed by atoms with Crippen LogP contribution in [0.1, 0.15) is 17.2 Å². The number of thiophene rings is 1. The number of hydrogen-bond donors (Lipinski definition) is 2. The summed E-state index contributed by atoms with van der Waals surface area (Å²) in [6, 6.07) is 6.40. The number of carbonyl (C=O) groups is 2. The molecule has 0 fully saturated rings. The summed E-state index contributed by atoms with van der Waals surface area (Å²) in [6.45, 7) is 0.514. The molecule has 8 nitrogen and oxygen atoms in total. The van der Waals surface area contributed by atoms with Gasteiger partial charge in [-0.2, -0.15) is 0 Å². The Labute approximate surface area is 161 Å². The molecule has 2 aromatic rings. The quantitative estimate of drug-likeness (QED) is 0.469. The lowest BCUT2D eigenvalue weighted by atomic mass is 10.2. The van der Waals surface area contributed by atoms with Gasteiger partial charge in [0, 0.05) is 39.2 Å². The third-order valence-corrected chi connectivity index (χ3v) is 7.20. The van der Waals surface area contributed by atoms with Gasteiger partial charge in [-0.25, -0.2) is 8.42 Å². The number of rotatable bonds is 9. The molecule has 10 heteroatoms. The monoisotopic (exact) mass is 411 g/mol. The van der Waals surface area contributed by atoms with Gasteiger partial charge in [0.25, 0.3) is 0 Å². The Morgan fingerprint density at radius 1 is 1.22 bits per heavy atom. The summed E-state index contributed by atoms with van der Waals surface area (Å²) in [5.41, 5.74) is 0.437. The van der Waals surface area contributed by atoms with Crippen LogP contribution >= 0.6 is 11.3 Å². The Kier molecular flexibility index (Phi) is 7.89. The number of ether oxygens (including phenoxy) is 1. The number of carbonyl (C=O) groups excluding carboxylic acids is 2. The van der Waals surface area contributed by atoms with Crippen molar-refractivity contribution in [3.8, 4) is 0 Å². The summed E-state index contributed by atoms with van der Waals surface area (Å²) in [6.07, 6.45) is 3.54. The highest BCUT2D eigenvalue weighted by Gasteiger charge is 2.31. The zero-order valence-electron chi connectivity index (χ0n) is 14.8. The van der Waals surface area contributed by atoms with Gasteiger partial charge in [0.1, 0.15) is 9.46 Å². The fraction of sp³-hybridized carbons (Fsp3) is 0.353. The van der Waals surface area contributed by atoms with E-state index in [1.165, 1.54) is 18.5 Å². The van der Waals surface area contributed by atoms with Crippen LogP contribution in [0.3, 0.4) is 0 Å². The van der Waals surface area contributed by atoms with E-state index in [2.05, 4.69) is 15.6 Å². The molecular weight excluding hydrogens is 390 g/mol. The van der Waals surface area contributed by atoms with E-state index in [9.17, 15) is 18.0 Å². The number of pyridine rings is 1. The van der Waals surface area contributed by atoms with Gasteiger partial charge in [0.15, 0.2) is 9.84 Å². The zero-order chi connectivity index (χ0) is 19.7. The lowest BCUT2D eigenvalue weighted by Crippen LogP contribution is -2.42. The Balaban J connectivity index is 2.08. The van der Waals surface area contributed by atoms with Crippen LogP contribution in [0.15, 0.2) is 46.2 Å². The van der Waals surface area contributed by atoms with E-state index in [0.29, 0.717) is 25.1 Å². The van der Waals surface area contributed by atoms with Gasteiger partial charge in [-0.05, 0) is 29.5 Å². The van der Waals surface area contributed by atoms with Crippen molar-refractivity contribution in [2.45, 2.75) is 15.9 Å². The maximum absolute atomic E-state index is 12.9. The molecule has 0 aliphatic rings. The van der Waals surface area contributed by atoms with Gasteiger partial charge in [0.05, 0.1) is 0 Å². The molecule has 1 atom stereocenters. The van der Waals surface area contributed by atoms with E-state index in [-0.39, 0.29) is 10.8 Å². The summed E-state index contributed by atoms with van der Waals surface area (Å²) < 4.78 is 30.9. The third-order valence-electron chi connectivity index (χ3n) is 3.67. The first-order chi connectivity index (χ1) is 13.0. The molecule has 0 saturated carbocycles. The van der Waals surface area contributed by atoms with Crippen LogP contribution in [0.5, 0.6) is 0 Å². The molecule has 0 radical (unpaired) electrons. The average Bonchev–Trinajstić information content (AvgIpc) is 3.21. The minimum atomic E-state index is -3.74. The maximum atomic E-state index is 12.9. The summed E-state index contributed by atoms with van der Waals surface area (Å²) in [4.78, 5) is 27.8. The highest BCUT2D eigenvalue weighted by Crippen LogP contribution is 2.30. The normalized spacial score (nSPS) is 12.3. The topological polar surface area (TPSA) is 114 Å². The first-order valence-corrected chi connectivity index (χ1v) is 10.6. The van der Waals surface area contributed by atoms with Gasteiger partial charge in [-0.3, -0.25) is 14.6 Å². The van der Waals surface area contributed by atoms with E-state index >= 15 is 0 Å². The predicted octanol–water partition coefficient (Wildman–Crippen LogP) is 0.927. The fourth-order valence-electron chi connectivity index (χ4n) is 2.30. The van der Waals surface area contributed by atoms with Crippen molar-refractivity contribution in [3.05, 3.63) is 47.6 Å². The average molecular weight is 412 g/mol. The molecule has 2 amide bonds. The van der Waals surface area contributed by atoms with E-state index in [1.807, 2.05) is 0 Å². The van der Waals surface area contributed by atoms with Gasteiger partial charge in [-0.1, -0.05) is 12.1 Å². The van der Waals surface area contributed by atoms with Crippen molar-refractivity contribution in [1.29, 1.82) is 0 Å². The molecule has 2 N–H and O–H groups in total. The molecule has 27 heavy (non-hydrogen) atoms. The number of nitrogens with one attached hydrogen (secondary N) is 2. The van der Waals surface area contributed by atoms with E-state index < -0.39 is 26.9 Å². The Bertz CT molecular complexity index is 839. The Morgan fingerprint density at radius 3 is 2.63 bits per heavy atom. The Hall–Kier alpha value is -2.30. The van der Waals surface area contributed by atoms with Crippen LogP contribution in [0, 0.1) is 0 Å². The van der Waals surface area contributed by atoms with Crippen molar-refractivity contribution in [2.24, 2.45) is 0 Å². The predicted molar refractivity (Wildman–Crippen MR) is 101 cm³/mol. The largest absolute Gasteiger partial charge is 0.385 e. The molecule has 0 unspecified atom stereocenters. The lowest BCUT2D eigenvalue weighted by Gasteiger charge is -2.17. The molecule has 2 rings (SSSR count). The van der Waals surface area contributed by atoms with Crippen LogP contribution in [0.4, 0.5) is 0 Å². The summed E-state index contributed by atoms with van der Waals surface area (Å²) in [5.74, 6) is -1.70. The molecule has 0 aliphatic carbocycles. The first kappa shape index (κ1) is 21.0. The molecule has 0 saturated heterocycles. The standard InChI is InChI=1S/C17H21N3O5S2/c1-25-9-4-8-19-16(21)17(22)20-12-14(13-5-2-7-18-11-13)27(23,24)15-6-3-10-26-15/h2-3,5-7,10-11,14H,4,8-9,12H2,1H3,(H,19,21)(H,20,22)/t14-/m1/s1. The molecule has 2 heterocycles. The number of amides is 2. The molecule has 2 aromatic heterocycles. The van der Waals surface area contributed by atoms with E-state index in [0.717, 1.165) is 11.3 Å². The highest BCUT2D eigenvalue weighted by atomic mass is 32.2. The number of sulfone groups is 1. The second-order valence-corrected chi connectivity index (χ2v) is 8.87. The van der Waals surface area contributed by atoms with Crippen LogP contribution < -0.4 is 10.6 Å². The minimum absolute atomic E-state index is 0.189. The van der Waals surface area contributed by atoms with Crippen molar-refractivity contribution in [1.82, 2.24) is 15.6 Å². The second-order valence-electron chi connectivity index (χ2n) is 5.56. The van der Waals surface area contributed by atoms with Crippen LogP contribution in [0.2, 0.25) is 0 Å². The lowest BCUT2D eigenvalue weighted by molar-refractivity contribution is -0.139. The SMILES string of the molecule is COCCCNC(=O)C(=O)NC[C@H](c1cccnc1)S(=O)(=O)c1cccs1. The fourth-order valence-corrected chi connectivity index (χ4v) is 5.15. The van der Waals surface area contributed by atoms with Crippen molar-refractivity contribution < 1.29 is 22.7 Å². The molecule has 0 bridgehead atoms. The summed E-state index contributed by atoms with van der Waals surface area (Å²) in [7, 11) is -2.20. The summed E-state index contributed by atoms with van der Waals surface area (Å²) >= 11 is 1.10. The molecule has 0 spiro atoms. The van der Waals surface area contributed by atoms with Crippen molar-refractivity contribution in [2.75, 3.05) is 26.8 Å². The molecule has 146 valence electrons. The van der Waals surface area contributed by atoms with Crippen molar-refractivity contribution in [3.63, 3.8) is 0 Å². The number of methoxy groups -OCH3 is 1. The molecular formula is C17H21N3O5S2. The summed E-state index contributed by atoms with van der Waals surface area (Å²) in [5, 5.41) is 5.48. The number of aromatic nitrogens is 1. The van der Waals surface area contributed by atoms with Crippen LogP contribution in [-0.2, 0) is 24.2 Å². The van der Waals surface area contributed by atoms with Gasteiger partial charge in [0.2, 0.25) is 0 Å². The smallest absolute Gasteiger partial charge is 0.309 e. The van der Waals surface area contributed by atoms with Crippen molar-refractivity contribution >= 4 is 33.0 Å². The van der Waals surface area contributed by atoms with Gasteiger partial charge < -0.3 is 15.4 Å². The third kappa shape index (κ3) is 5.84. The van der Waals surface area contributed by atoms with Crippen LogP contribution in [-0.4, -0.2) is 52.0 Å². The second kappa shape index (κ2) is 10.1. The Morgan fingerprint density at radius 2 is 2.00 bits per heavy atom. The molecule has 0 aromatic carbocycles. The van der Waals surface area contributed by atoms with E-state index in [1.54, 1.807) is 30.7 Å². The maximum Gasteiger partial charge on any atom is 0.309 e. The minimum Gasteiger partial charge on any atom is -0.385 e. The van der Waals surface area contributed by atoms with Crippen LogP contribution in [0.25, 0.3) is 0 Å². The van der Waals surface area contributed by atoms with Gasteiger partial charge >= 0.3 is 11.8 Å². The number of nitrogens with zero attached hydrogens (tertiary/aromatic N) is 1. The molecule has 0 aliphatic heterocycles. The first-order valence-electron chi connectivity index (χ1n) is 8.19.